The molecule has 0 aliphatic rings. The van der Waals surface area contributed by atoms with Gasteiger partial charge in [0.15, 0.2) is 0 Å². The number of amides is 1. The highest BCUT2D eigenvalue weighted by atomic mass is 79.9. The highest BCUT2D eigenvalue weighted by molar-refractivity contribution is 9.10. The number of carbonyl (C=O) groups is 1. The van der Waals surface area contributed by atoms with Crippen LogP contribution in [0.1, 0.15) is 17.3 Å². The van der Waals surface area contributed by atoms with Gasteiger partial charge in [0.1, 0.15) is 5.82 Å². The molecule has 1 amide bonds. The molecular formula is C12H14BrFN2OS. The predicted octanol–water partition coefficient (Wildman–Crippen LogP) is 2.58. The topological polar surface area (TPSA) is 46.3 Å². The Balaban J connectivity index is 2.83. The van der Waals surface area contributed by atoms with Crippen molar-refractivity contribution >= 4 is 39.0 Å². The van der Waals surface area contributed by atoms with Crippen LogP contribution in [0.25, 0.3) is 0 Å². The third kappa shape index (κ3) is 4.03. The van der Waals surface area contributed by atoms with Crippen LogP contribution in [0.2, 0.25) is 0 Å². The Labute approximate surface area is 119 Å². The number of rotatable bonds is 4. The molecule has 0 aromatic heterocycles. The minimum absolute atomic E-state index is 0.0778. The maximum absolute atomic E-state index is 13.2. The van der Waals surface area contributed by atoms with Crippen LogP contribution in [-0.2, 0) is 0 Å². The van der Waals surface area contributed by atoms with E-state index in [-0.39, 0.29) is 11.8 Å². The number of hydrogen-bond acceptors (Lipinski definition) is 2. The maximum atomic E-state index is 13.2. The Bertz CT molecular complexity index is 461. The van der Waals surface area contributed by atoms with Crippen molar-refractivity contribution in [2.75, 3.05) is 13.6 Å². The Morgan fingerprint density at radius 3 is 2.67 bits per heavy atom. The first-order valence-electron chi connectivity index (χ1n) is 5.32. The van der Waals surface area contributed by atoms with E-state index in [0.717, 1.165) is 0 Å². The van der Waals surface area contributed by atoms with E-state index in [2.05, 4.69) is 15.9 Å². The molecule has 0 saturated heterocycles. The van der Waals surface area contributed by atoms with Crippen molar-refractivity contribution < 1.29 is 9.18 Å². The molecule has 1 rings (SSSR count). The summed E-state index contributed by atoms with van der Waals surface area (Å²) >= 11 is 8.01. The van der Waals surface area contributed by atoms with Gasteiger partial charge in [-0.15, -0.1) is 0 Å². The van der Waals surface area contributed by atoms with E-state index < -0.39 is 5.82 Å². The average molecular weight is 333 g/mol. The Kier molecular flexibility index (Phi) is 5.22. The molecule has 1 unspecified atom stereocenters. The molecule has 0 heterocycles. The summed E-state index contributed by atoms with van der Waals surface area (Å²) in [6.07, 6.45) is 0. The summed E-state index contributed by atoms with van der Waals surface area (Å²) in [6.45, 7) is 2.25. The molecule has 0 aliphatic heterocycles. The van der Waals surface area contributed by atoms with Crippen LogP contribution in [0.15, 0.2) is 22.7 Å². The maximum Gasteiger partial charge on any atom is 0.253 e. The lowest BCUT2D eigenvalue weighted by atomic mass is 10.1. The lowest BCUT2D eigenvalue weighted by Crippen LogP contribution is -2.35. The van der Waals surface area contributed by atoms with Gasteiger partial charge < -0.3 is 10.6 Å². The molecule has 0 fully saturated rings. The largest absolute Gasteiger partial charge is 0.393 e. The quantitative estimate of drug-likeness (QED) is 0.862. The zero-order valence-electron chi connectivity index (χ0n) is 10.1. The normalized spacial score (nSPS) is 12.0. The number of benzene rings is 1. The molecule has 0 spiro atoms. The average Bonchev–Trinajstić information content (AvgIpc) is 2.26. The Morgan fingerprint density at radius 2 is 2.17 bits per heavy atom. The summed E-state index contributed by atoms with van der Waals surface area (Å²) in [6, 6.07) is 4.08. The number of carbonyl (C=O) groups excluding carboxylic acids is 1. The molecule has 1 aromatic rings. The van der Waals surface area contributed by atoms with Crippen molar-refractivity contribution in [1.29, 1.82) is 0 Å². The van der Waals surface area contributed by atoms with Gasteiger partial charge in [-0.2, -0.15) is 0 Å². The van der Waals surface area contributed by atoms with Gasteiger partial charge in [0.25, 0.3) is 5.91 Å². The lowest BCUT2D eigenvalue weighted by Gasteiger charge is -2.21. The molecule has 0 saturated carbocycles. The standard InChI is InChI=1S/C12H14BrFN2OS/c1-7(11(15)18)6-16(2)12(17)8-3-9(13)5-10(14)4-8/h3-5,7H,6H2,1-2H3,(H2,15,18). The van der Waals surface area contributed by atoms with E-state index in [1.807, 2.05) is 6.92 Å². The van der Waals surface area contributed by atoms with E-state index in [1.165, 1.54) is 17.0 Å². The summed E-state index contributed by atoms with van der Waals surface area (Å²) in [5.74, 6) is -0.798. The lowest BCUT2D eigenvalue weighted by molar-refractivity contribution is 0.0786. The van der Waals surface area contributed by atoms with E-state index >= 15 is 0 Å². The van der Waals surface area contributed by atoms with Crippen molar-refractivity contribution in [2.45, 2.75) is 6.92 Å². The first-order valence-corrected chi connectivity index (χ1v) is 6.52. The van der Waals surface area contributed by atoms with Crippen LogP contribution in [0, 0.1) is 11.7 Å². The van der Waals surface area contributed by atoms with Crippen LogP contribution in [0.4, 0.5) is 4.39 Å². The number of halogens is 2. The van der Waals surface area contributed by atoms with Crippen LogP contribution in [0.3, 0.4) is 0 Å². The Hall–Kier alpha value is -1.01. The SMILES string of the molecule is CC(CN(C)C(=O)c1cc(F)cc(Br)c1)C(N)=S. The number of hydrogen-bond donors (Lipinski definition) is 1. The molecule has 2 N–H and O–H groups in total. The molecule has 98 valence electrons. The first kappa shape index (κ1) is 15.0. The molecule has 1 aromatic carbocycles. The summed E-state index contributed by atoms with van der Waals surface area (Å²) < 4.78 is 13.7. The fraction of sp³-hybridized carbons (Fsp3) is 0.333. The van der Waals surface area contributed by atoms with E-state index in [1.54, 1.807) is 13.1 Å². The number of nitrogens with two attached hydrogens (primary N) is 1. The molecule has 18 heavy (non-hydrogen) atoms. The van der Waals surface area contributed by atoms with Crippen LogP contribution in [0.5, 0.6) is 0 Å². The zero-order chi connectivity index (χ0) is 13.9. The van der Waals surface area contributed by atoms with Gasteiger partial charge in [-0.05, 0) is 18.2 Å². The van der Waals surface area contributed by atoms with Gasteiger partial charge in [0, 0.05) is 29.5 Å². The molecular weight excluding hydrogens is 319 g/mol. The second kappa shape index (κ2) is 6.24. The molecule has 0 radical (unpaired) electrons. The van der Waals surface area contributed by atoms with Crippen molar-refractivity contribution in [2.24, 2.45) is 11.7 Å². The van der Waals surface area contributed by atoms with Gasteiger partial charge in [-0.1, -0.05) is 35.1 Å². The fourth-order valence-electron chi connectivity index (χ4n) is 1.48. The second-order valence-electron chi connectivity index (χ2n) is 4.15. The highest BCUT2D eigenvalue weighted by Crippen LogP contribution is 2.16. The van der Waals surface area contributed by atoms with Gasteiger partial charge in [0.2, 0.25) is 0 Å². The van der Waals surface area contributed by atoms with Crippen LogP contribution >= 0.6 is 28.1 Å². The summed E-state index contributed by atoms with van der Waals surface area (Å²) in [5.41, 5.74) is 5.79. The van der Waals surface area contributed by atoms with Crippen molar-refractivity contribution in [3.8, 4) is 0 Å². The van der Waals surface area contributed by atoms with Crippen LogP contribution in [-0.4, -0.2) is 29.4 Å². The molecule has 6 heteroatoms. The summed E-state index contributed by atoms with van der Waals surface area (Å²) in [4.78, 5) is 13.9. The molecule has 0 aliphatic carbocycles. The minimum Gasteiger partial charge on any atom is -0.393 e. The smallest absolute Gasteiger partial charge is 0.253 e. The van der Waals surface area contributed by atoms with Crippen LogP contribution < -0.4 is 5.73 Å². The first-order chi connectivity index (χ1) is 8.31. The predicted molar refractivity (Wildman–Crippen MR) is 77.0 cm³/mol. The molecule has 0 bridgehead atoms. The third-order valence-electron chi connectivity index (χ3n) is 2.49. The zero-order valence-corrected chi connectivity index (χ0v) is 12.5. The van der Waals surface area contributed by atoms with Gasteiger partial charge in [-0.25, -0.2) is 4.39 Å². The summed E-state index contributed by atoms with van der Waals surface area (Å²) in [7, 11) is 1.63. The van der Waals surface area contributed by atoms with Gasteiger partial charge >= 0.3 is 0 Å². The van der Waals surface area contributed by atoms with Crippen molar-refractivity contribution in [3.63, 3.8) is 0 Å². The van der Waals surface area contributed by atoms with Gasteiger partial charge in [-0.3, -0.25) is 4.79 Å². The Morgan fingerprint density at radius 1 is 1.56 bits per heavy atom. The number of thiocarbonyl (C=S) groups is 1. The third-order valence-corrected chi connectivity index (χ3v) is 3.35. The van der Waals surface area contributed by atoms with E-state index in [9.17, 15) is 9.18 Å². The summed E-state index contributed by atoms with van der Waals surface area (Å²) in [5, 5.41) is 0. The molecule has 1 atom stereocenters. The van der Waals surface area contributed by atoms with Gasteiger partial charge in [0.05, 0.1) is 4.99 Å². The van der Waals surface area contributed by atoms with Crippen molar-refractivity contribution in [1.82, 2.24) is 4.90 Å². The monoisotopic (exact) mass is 332 g/mol. The fourth-order valence-corrected chi connectivity index (χ4v) is 2.02. The minimum atomic E-state index is -0.455. The highest BCUT2D eigenvalue weighted by Gasteiger charge is 2.16. The van der Waals surface area contributed by atoms with Crippen molar-refractivity contribution in [3.05, 3.63) is 34.1 Å². The van der Waals surface area contributed by atoms with E-state index in [4.69, 9.17) is 18.0 Å². The van der Waals surface area contributed by atoms with E-state index in [0.29, 0.717) is 21.6 Å². The number of nitrogens with zero attached hydrogens (tertiary/aromatic N) is 1. The second-order valence-corrected chi connectivity index (χ2v) is 5.53. The molecule has 3 nitrogen and oxygen atoms in total.